The molecule has 0 amide bonds. The number of nitrogens with zero attached hydrogens (tertiary/aromatic N) is 2. The predicted octanol–water partition coefficient (Wildman–Crippen LogP) is 2.37. The second kappa shape index (κ2) is 5.07. The van der Waals surface area contributed by atoms with Gasteiger partial charge >= 0.3 is 5.97 Å². The van der Waals surface area contributed by atoms with Crippen molar-refractivity contribution >= 4 is 34.9 Å². The van der Waals surface area contributed by atoms with E-state index < -0.39 is 0 Å². The van der Waals surface area contributed by atoms with Gasteiger partial charge in [0.15, 0.2) is 6.29 Å². The first-order valence-corrected chi connectivity index (χ1v) is 7.19. The van der Waals surface area contributed by atoms with E-state index in [1.54, 1.807) is 6.07 Å². The average molecular weight is 316 g/mol. The summed E-state index contributed by atoms with van der Waals surface area (Å²) in [5.74, 6) is -0.241. The van der Waals surface area contributed by atoms with Gasteiger partial charge in [0.1, 0.15) is 0 Å². The van der Waals surface area contributed by atoms with Crippen LogP contribution >= 0.6 is 23.2 Å². The molecule has 1 unspecified atom stereocenters. The Hall–Kier alpha value is -1.01. The number of benzene rings is 1. The van der Waals surface area contributed by atoms with E-state index in [9.17, 15) is 4.79 Å². The minimum Gasteiger partial charge on any atom is -0.462 e. The third kappa shape index (κ3) is 2.46. The molecule has 2 aliphatic heterocycles. The molecule has 1 aromatic carbocycles. The van der Waals surface area contributed by atoms with Crippen LogP contribution in [0.2, 0.25) is 10.0 Å². The molecule has 5 nitrogen and oxygen atoms in total. The maximum atomic E-state index is 11.8. The molecule has 3 rings (SSSR count). The van der Waals surface area contributed by atoms with Gasteiger partial charge in [-0.3, -0.25) is 14.7 Å². The Morgan fingerprint density at radius 2 is 2.25 bits per heavy atom. The zero-order valence-corrected chi connectivity index (χ0v) is 12.7. The van der Waals surface area contributed by atoms with Crippen LogP contribution in [-0.2, 0) is 16.1 Å². The van der Waals surface area contributed by atoms with E-state index in [4.69, 9.17) is 27.9 Å². The minimum absolute atomic E-state index is 0.0273. The van der Waals surface area contributed by atoms with Crippen LogP contribution in [0.4, 0.5) is 5.69 Å². The number of nitrogens with one attached hydrogen (secondary N) is 1. The standard InChI is InChI=1S/C13H15Cl2N3O2/c1-7(2)20-11(19)6-17-5-8-10(18-13(17)16-18)4-3-9(14)12(8)15/h3-4,7,13,16H,5-6H2,1-2H3. The van der Waals surface area contributed by atoms with Crippen LogP contribution in [0, 0.1) is 0 Å². The Morgan fingerprint density at radius 3 is 2.95 bits per heavy atom. The topological polar surface area (TPSA) is 54.5 Å². The SMILES string of the molecule is CC(C)OC(=O)CN1Cc2c(ccc(Cl)c2Cl)N2NC12. The van der Waals surface area contributed by atoms with Gasteiger partial charge in [0.25, 0.3) is 0 Å². The number of esters is 1. The Labute approximate surface area is 127 Å². The third-order valence-corrected chi connectivity index (χ3v) is 4.11. The van der Waals surface area contributed by atoms with E-state index in [1.807, 2.05) is 29.8 Å². The fourth-order valence-corrected chi connectivity index (χ4v) is 2.79. The Morgan fingerprint density at radius 1 is 1.50 bits per heavy atom. The summed E-state index contributed by atoms with van der Waals surface area (Å²) in [4.78, 5) is 13.7. The molecule has 1 aromatic rings. The summed E-state index contributed by atoms with van der Waals surface area (Å²) in [5.41, 5.74) is 5.13. The number of rotatable bonds is 3. The molecule has 0 spiro atoms. The van der Waals surface area contributed by atoms with Gasteiger partial charge in [-0.1, -0.05) is 23.2 Å². The van der Waals surface area contributed by atoms with Crippen LogP contribution in [0.25, 0.3) is 0 Å². The van der Waals surface area contributed by atoms with Crippen molar-refractivity contribution in [3.8, 4) is 0 Å². The monoisotopic (exact) mass is 315 g/mol. The number of carbonyl (C=O) groups is 1. The second-order valence-corrected chi connectivity index (χ2v) is 5.96. The first kappa shape index (κ1) is 13.9. The van der Waals surface area contributed by atoms with Crippen LogP contribution in [0.3, 0.4) is 0 Å². The third-order valence-electron chi connectivity index (χ3n) is 3.27. The molecule has 2 heterocycles. The molecule has 1 saturated heterocycles. The van der Waals surface area contributed by atoms with E-state index in [1.165, 1.54) is 0 Å². The summed E-state index contributed by atoms with van der Waals surface area (Å²) in [6.07, 6.45) is -0.0830. The van der Waals surface area contributed by atoms with E-state index in [0.29, 0.717) is 16.6 Å². The number of anilines is 1. The van der Waals surface area contributed by atoms with Gasteiger partial charge in [0, 0.05) is 12.1 Å². The molecule has 0 saturated carbocycles. The summed E-state index contributed by atoms with van der Waals surface area (Å²) >= 11 is 12.3. The quantitative estimate of drug-likeness (QED) is 0.685. The van der Waals surface area contributed by atoms with E-state index in [-0.39, 0.29) is 24.9 Å². The molecule has 1 N–H and O–H groups in total. The van der Waals surface area contributed by atoms with E-state index >= 15 is 0 Å². The van der Waals surface area contributed by atoms with Gasteiger partial charge in [-0.05, 0) is 26.0 Å². The molecule has 108 valence electrons. The van der Waals surface area contributed by atoms with Crippen LogP contribution in [0.15, 0.2) is 12.1 Å². The highest BCUT2D eigenvalue weighted by Crippen LogP contribution is 2.41. The predicted molar refractivity (Wildman–Crippen MR) is 77.5 cm³/mol. The number of fused-ring (bicyclic) bond motifs is 3. The van der Waals surface area contributed by atoms with Crippen molar-refractivity contribution in [3.05, 3.63) is 27.7 Å². The normalized spacial score (nSPS) is 20.6. The first-order chi connectivity index (χ1) is 9.47. The lowest BCUT2D eigenvalue weighted by Crippen LogP contribution is -2.38. The molecule has 2 aliphatic rings. The fourth-order valence-electron chi connectivity index (χ4n) is 2.39. The van der Waals surface area contributed by atoms with Crippen molar-refractivity contribution in [1.29, 1.82) is 0 Å². The van der Waals surface area contributed by atoms with Crippen molar-refractivity contribution < 1.29 is 9.53 Å². The number of hydrogen-bond acceptors (Lipinski definition) is 5. The summed E-state index contributed by atoms with van der Waals surface area (Å²) in [6, 6.07) is 3.71. The van der Waals surface area contributed by atoms with Crippen molar-refractivity contribution in [2.45, 2.75) is 32.8 Å². The highest BCUT2D eigenvalue weighted by atomic mass is 35.5. The number of hydrogen-bond donors (Lipinski definition) is 1. The highest BCUT2D eigenvalue weighted by molar-refractivity contribution is 6.42. The molecule has 1 fully saturated rings. The van der Waals surface area contributed by atoms with Crippen LogP contribution in [0.1, 0.15) is 19.4 Å². The van der Waals surface area contributed by atoms with E-state index in [2.05, 4.69) is 5.43 Å². The second-order valence-electron chi connectivity index (χ2n) is 5.18. The average Bonchev–Trinajstić information content (AvgIpc) is 3.14. The molecule has 1 atom stereocenters. The van der Waals surface area contributed by atoms with Crippen LogP contribution in [0.5, 0.6) is 0 Å². The molecule has 0 aliphatic carbocycles. The van der Waals surface area contributed by atoms with Gasteiger partial charge < -0.3 is 4.74 Å². The minimum atomic E-state index is -0.241. The highest BCUT2D eigenvalue weighted by Gasteiger charge is 2.45. The number of hydrazine groups is 1. The number of carbonyl (C=O) groups excluding carboxylic acids is 1. The molecule has 0 aromatic heterocycles. The van der Waals surface area contributed by atoms with Gasteiger partial charge in [0.05, 0.1) is 28.4 Å². The maximum Gasteiger partial charge on any atom is 0.320 e. The van der Waals surface area contributed by atoms with Crippen LogP contribution in [-0.4, -0.2) is 29.8 Å². The largest absolute Gasteiger partial charge is 0.462 e. The maximum absolute atomic E-state index is 11.8. The van der Waals surface area contributed by atoms with Gasteiger partial charge in [-0.15, -0.1) is 0 Å². The summed E-state index contributed by atoms with van der Waals surface area (Å²) in [6.45, 7) is 4.45. The van der Waals surface area contributed by atoms with E-state index in [0.717, 1.165) is 11.3 Å². The molecule has 20 heavy (non-hydrogen) atoms. The fraction of sp³-hybridized carbons (Fsp3) is 0.462. The number of halogens is 2. The van der Waals surface area contributed by atoms with Crippen molar-refractivity contribution in [2.75, 3.05) is 11.6 Å². The summed E-state index contributed by atoms with van der Waals surface area (Å²) in [7, 11) is 0. The Kier molecular flexibility index (Phi) is 3.54. The van der Waals surface area contributed by atoms with Gasteiger partial charge in [-0.2, -0.15) is 5.43 Å². The van der Waals surface area contributed by atoms with Gasteiger partial charge in [0.2, 0.25) is 0 Å². The lowest BCUT2D eigenvalue weighted by Gasteiger charge is -2.27. The number of ether oxygens (including phenoxy) is 1. The summed E-state index contributed by atoms with van der Waals surface area (Å²) in [5, 5.41) is 3.03. The smallest absolute Gasteiger partial charge is 0.320 e. The Balaban J connectivity index is 1.78. The molecule has 7 heteroatoms. The van der Waals surface area contributed by atoms with Crippen LogP contribution < -0.4 is 10.4 Å². The molecule has 0 radical (unpaired) electrons. The molecule has 0 bridgehead atoms. The van der Waals surface area contributed by atoms with Crippen molar-refractivity contribution in [2.24, 2.45) is 0 Å². The van der Waals surface area contributed by atoms with Crippen molar-refractivity contribution in [3.63, 3.8) is 0 Å². The first-order valence-electron chi connectivity index (χ1n) is 6.43. The zero-order chi connectivity index (χ0) is 14.4. The zero-order valence-electron chi connectivity index (χ0n) is 11.2. The molecular weight excluding hydrogens is 301 g/mol. The van der Waals surface area contributed by atoms with Crippen molar-refractivity contribution in [1.82, 2.24) is 10.3 Å². The Bertz CT molecular complexity index is 565. The van der Waals surface area contributed by atoms with Gasteiger partial charge in [-0.25, -0.2) is 0 Å². The lowest BCUT2D eigenvalue weighted by molar-refractivity contribution is -0.149. The molecular formula is C13H15Cl2N3O2. The lowest BCUT2D eigenvalue weighted by atomic mass is 10.1. The summed E-state index contributed by atoms with van der Waals surface area (Å²) < 4.78 is 5.18.